The molecule has 0 aliphatic heterocycles. The molecule has 1 aromatic rings. The van der Waals surface area contributed by atoms with E-state index in [4.69, 9.17) is 9.47 Å². The molecule has 1 aromatic carbocycles. The van der Waals surface area contributed by atoms with Gasteiger partial charge in [-0.1, -0.05) is 31.6 Å². The van der Waals surface area contributed by atoms with Gasteiger partial charge in [0, 0.05) is 24.7 Å². The van der Waals surface area contributed by atoms with E-state index in [0.717, 1.165) is 50.5 Å². The molecule has 0 aromatic heterocycles. The number of phenolic OH excluding ortho intramolecular Hbond substituents is 1. The fourth-order valence-electron chi connectivity index (χ4n) is 8.61. The first kappa shape index (κ1) is 29.3. The molecule has 3 fully saturated rings. The molecule has 1 amide bonds. The van der Waals surface area contributed by atoms with Crippen LogP contribution >= 0.6 is 0 Å². The lowest BCUT2D eigenvalue weighted by atomic mass is 9.47. The number of aromatic hydroxyl groups is 1. The van der Waals surface area contributed by atoms with E-state index in [-0.39, 0.29) is 53.7 Å². The van der Waals surface area contributed by atoms with Crippen LogP contribution < -0.4 is 5.32 Å². The second kappa shape index (κ2) is 11.6. The summed E-state index contributed by atoms with van der Waals surface area (Å²) in [6, 6.07) is 5.49. The minimum atomic E-state index is -0.896. The van der Waals surface area contributed by atoms with Crippen LogP contribution in [0, 0.1) is 28.6 Å². The monoisotopic (exact) mass is 565 g/mol. The number of hydrogen-bond donors (Lipinski definition) is 2. The molecule has 0 radical (unpaired) electrons. The molecule has 8 nitrogen and oxygen atoms in total. The maximum absolute atomic E-state index is 12.9. The van der Waals surface area contributed by atoms with E-state index in [2.05, 4.69) is 19.2 Å². The van der Waals surface area contributed by atoms with Crippen LogP contribution in [0.3, 0.4) is 0 Å². The van der Waals surface area contributed by atoms with Crippen LogP contribution in [0.5, 0.6) is 5.75 Å². The van der Waals surface area contributed by atoms with Crippen LogP contribution in [-0.4, -0.2) is 48.0 Å². The molecule has 0 heterocycles. The van der Waals surface area contributed by atoms with Gasteiger partial charge in [-0.3, -0.25) is 14.4 Å². The lowest BCUT2D eigenvalue weighted by molar-refractivity contribution is -0.160. The van der Waals surface area contributed by atoms with Crippen molar-refractivity contribution in [2.45, 2.75) is 96.6 Å². The molecular formula is C33H43NO7. The number of ketones is 1. The van der Waals surface area contributed by atoms with Gasteiger partial charge < -0.3 is 19.9 Å². The van der Waals surface area contributed by atoms with Crippen molar-refractivity contribution in [3.8, 4) is 5.75 Å². The summed E-state index contributed by atoms with van der Waals surface area (Å²) in [4.78, 5) is 50.0. The van der Waals surface area contributed by atoms with Gasteiger partial charge in [0.25, 0.3) is 0 Å². The highest BCUT2D eigenvalue weighted by Crippen LogP contribution is 2.65. The third-order valence-corrected chi connectivity index (χ3v) is 10.9. The molecule has 0 saturated heterocycles. The summed E-state index contributed by atoms with van der Waals surface area (Å²) >= 11 is 0. The number of esters is 2. The third-order valence-electron chi connectivity index (χ3n) is 10.9. The van der Waals surface area contributed by atoms with Crippen molar-refractivity contribution in [3.63, 3.8) is 0 Å². The molecule has 7 atom stereocenters. The summed E-state index contributed by atoms with van der Waals surface area (Å²) < 4.78 is 10.9. The number of nitrogens with one attached hydrogen (secondary N) is 1. The molecule has 222 valence electrons. The van der Waals surface area contributed by atoms with Crippen LogP contribution in [-0.2, 0) is 35.1 Å². The molecule has 3 saturated carbocycles. The van der Waals surface area contributed by atoms with Crippen molar-refractivity contribution >= 4 is 23.6 Å². The number of ether oxygens (including phenoxy) is 2. The molecule has 4 aliphatic carbocycles. The van der Waals surface area contributed by atoms with Gasteiger partial charge in [0.1, 0.15) is 17.9 Å². The van der Waals surface area contributed by atoms with E-state index in [9.17, 15) is 24.3 Å². The summed E-state index contributed by atoms with van der Waals surface area (Å²) in [6.45, 7) is 4.66. The zero-order chi connectivity index (χ0) is 29.4. The van der Waals surface area contributed by atoms with Crippen molar-refractivity contribution < 1.29 is 33.8 Å². The van der Waals surface area contributed by atoms with Crippen LogP contribution in [0.4, 0.5) is 0 Å². The first-order chi connectivity index (χ1) is 19.5. The Labute approximate surface area is 242 Å². The SMILES string of the molecule is COC(=O)C(Cc1ccc(O)cc1)NC(=O)CCC(=O)OC1CCC2C3CCC4=CC(=O)CCC4(C)C3CCC12C. The van der Waals surface area contributed by atoms with Crippen molar-refractivity contribution in [1.82, 2.24) is 5.32 Å². The largest absolute Gasteiger partial charge is 0.508 e. The number of carbonyl (C=O) groups is 4. The lowest BCUT2D eigenvalue weighted by Gasteiger charge is -2.57. The van der Waals surface area contributed by atoms with Crippen LogP contribution in [0.15, 0.2) is 35.9 Å². The van der Waals surface area contributed by atoms with Gasteiger partial charge in [-0.2, -0.15) is 0 Å². The zero-order valence-electron chi connectivity index (χ0n) is 24.4. The smallest absolute Gasteiger partial charge is 0.328 e. The van der Waals surface area contributed by atoms with E-state index >= 15 is 0 Å². The molecule has 5 rings (SSSR count). The standard InChI is InChI=1S/C33H43NO7/c1-32-16-14-23(36)19-21(32)6-9-24-25-10-11-28(33(25,2)17-15-26(24)32)41-30(38)13-12-29(37)34-27(31(39)40-3)18-20-4-7-22(35)8-5-20/h4-5,7-8,19,24-28,35H,6,9-18H2,1-3H3,(H,34,37). The maximum atomic E-state index is 12.9. The Hall–Kier alpha value is -3.16. The number of allylic oxidation sites excluding steroid dienone is 1. The highest BCUT2D eigenvalue weighted by atomic mass is 16.5. The summed E-state index contributed by atoms with van der Waals surface area (Å²) in [6.07, 6.45) is 9.54. The second-order valence-corrected chi connectivity index (χ2v) is 13.1. The number of fused-ring (bicyclic) bond motifs is 5. The van der Waals surface area contributed by atoms with E-state index in [1.165, 1.54) is 24.8 Å². The third kappa shape index (κ3) is 5.80. The molecule has 0 spiro atoms. The number of rotatable bonds is 8. The van der Waals surface area contributed by atoms with E-state index in [0.29, 0.717) is 24.2 Å². The molecular weight excluding hydrogens is 522 g/mol. The average molecular weight is 566 g/mol. The summed E-state index contributed by atoms with van der Waals surface area (Å²) in [7, 11) is 1.26. The first-order valence-corrected chi connectivity index (χ1v) is 15.1. The predicted molar refractivity (Wildman–Crippen MR) is 152 cm³/mol. The summed E-state index contributed by atoms with van der Waals surface area (Å²) in [5.74, 6) is 0.677. The molecule has 4 aliphatic rings. The van der Waals surface area contributed by atoms with Crippen LogP contribution in [0.2, 0.25) is 0 Å². The molecule has 8 heteroatoms. The van der Waals surface area contributed by atoms with Gasteiger partial charge in [0.15, 0.2) is 5.78 Å². The maximum Gasteiger partial charge on any atom is 0.328 e. The summed E-state index contributed by atoms with van der Waals surface area (Å²) in [5, 5.41) is 12.2. The van der Waals surface area contributed by atoms with E-state index in [1.807, 2.05) is 6.08 Å². The number of amides is 1. The minimum absolute atomic E-state index is 0.0531. The van der Waals surface area contributed by atoms with E-state index in [1.54, 1.807) is 12.1 Å². The summed E-state index contributed by atoms with van der Waals surface area (Å²) in [5.41, 5.74) is 2.16. The van der Waals surface area contributed by atoms with Crippen molar-refractivity contribution in [2.24, 2.45) is 28.6 Å². The minimum Gasteiger partial charge on any atom is -0.508 e. The topological polar surface area (TPSA) is 119 Å². The fraction of sp³-hybridized carbons (Fsp3) is 0.636. The zero-order valence-corrected chi connectivity index (χ0v) is 24.4. The first-order valence-electron chi connectivity index (χ1n) is 15.1. The Kier molecular flexibility index (Phi) is 8.31. The number of carbonyl (C=O) groups excluding carboxylic acids is 4. The Balaban J connectivity index is 1.15. The molecule has 7 unspecified atom stereocenters. The Morgan fingerprint density at radius 2 is 1.76 bits per heavy atom. The van der Waals surface area contributed by atoms with Gasteiger partial charge in [-0.05, 0) is 91.9 Å². The fourth-order valence-corrected chi connectivity index (χ4v) is 8.61. The normalized spacial score (nSPS) is 33.0. The van der Waals surface area contributed by atoms with Crippen LogP contribution in [0.1, 0.15) is 83.6 Å². The van der Waals surface area contributed by atoms with Gasteiger partial charge in [-0.25, -0.2) is 4.79 Å². The van der Waals surface area contributed by atoms with Crippen molar-refractivity contribution in [3.05, 3.63) is 41.5 Å². The van der Waals surface area contributed by atoms with Gasteiger partial charge >= 0.3 is 11.9 Å². The van der Waals surface area contributed by atoms with Crippen LogP contribution in [0.25, 0.3) is 0 Å². The Morgan fingerprint density at radius 3 is 2.49 bits per heavy atom. The van der Waals surface area contributed by atoms with Crippen molar-refractivity contribution in [2.75, 3.05) is 7.11 Å². The number of benzene rings is 1. The number of phenols is 1. The number of methoxy groups -OCH3 is 1. The Morgan fingerprint density at radius 1 is 1.00 bits per heavy atom. The number of hydrogen-bond acceptors (Lipinski definition) is 7. The van der Waals surface area contributed by atoms with Gasteiger partial charge in [0.2, 0.25) is 5.91 Å². The van der Waals surface area contributed by atoms with E-state index < -0.39 is 17.9 Å². The average Bonchev–Trinajstić information content (AvgIpc) is 3.28. The van der Waals surface area contributed by atoms with Crippen molar-refractivity contribution in [1.29, 1.82) is 0 Å². The highest BCUT2D eigenvalue weighted by Gasteiger charge is 2.60. The molecule has 2 N–H and O–H groups in total. The second-order valence-electron chi connectivity index (χ2n) is 13.1. The molecule has 41 heavy (non-hydrogen) atoms. The van der Waals surface area contributed by atoms with Gasteiger partial charge in [0.05, 0.1) is 13.5 Å². The molecule has 0 bridgehead atoms. The lowest BCUT2D eigenvalue weighted by Crippen LogP contribution is -2.51. The predicted octanol–water partition coefficient (Wildman–Crippen LogP) is 4.82. The van der Waals surface area contributed by atoms with Gasteiger partial charge in [-0.15, -0.1) is 0 Å². The Bertz CT molecular complexity index is 1220. The highest BCUT2D eigenvalue weighted by molar-refractivity contribution is 5.91. The quantitative estimate of drug-likeness (QED) is 0.434.